The highest BCUT2D eigenvalue weighted by Crippen LogP contribution is 2.15. The molecule has 0 amide bonds. The molecule has 8 heteroatoms. The van der Waals surface area contributed by atoms with E-state index < -0.39 is 0 Å². The maximum absolute atomic E-state index is 5.45. The minimum absolute atomic E-state index is 0.451. The van der Waals surface area contributed by atoms with Gasteiger partial charge in [0, 0.05) is 64.6 Å². The molecule has 1 aromatic heterocycles. The summed E-state index contributed by atoms with van der Waals surface area (Å²) in [6.45, 7) is 14.6. The predicted molar refractivity (Wildman–Crippen MR) is 119 cm³/mol. The molecular weight excluding hydrogens is 366 g/mol. The number of ether oxygens (including phenoxy) is 1. The van der Waals surface area contributed by atoms with E-state index in [2.05, 4.69) is 63.3 Å². The Labute approximate surface area is 175 Å². The van der Waals surface area contributed by atoms with Gasteiger partial charge in [-0.25, -0.2) is 9.98 Å². The van der Waals surface area contributed by atoms with Gasteiger partial charge in [-0.15, -0.1) is 0 Å². The van der Waals surface area contributed by atoms with Crippen LogP contribution in [0.4, 0.5) is 5.82 Å². The largest absolute Gasteiger partial charge is 0.379 e. The molecule has 162 valence electrons. The smallest absolute Gasteiger partial charge is 0.191 e. The standard InChI is InChI=1S/C21H37N7O/c1-4-22-21(24-16-18(2)27-11-13-29-14-12-27)25-17-19-5-6-23-20(15-19)28-9-7-26(3)8-10-28/h5-6,15,18H,4,7-14,16-17H2,1-3H3,(H2,22,24,25). The summed E-state index contributed by atoms with van der Waals surface area (Å²) >= 11 is 0. The third-order valence-electron chi connectivity index (χ3n) is 5.64. The molecule has 3 heterocycles. The number of guanidine groups is 1. The number of rotatable bonds is 7. The number of piperazine rings is 1. The monoisotopic (exact) mass is 403 g/mol. The van der Waals surface area contributed by atoms with Gasteiger partial charge < -0.3 is 25.2 Å². The molecule has 29 heavy (non-hydrogen) atoms. The highest BCUT2D eigenvalue weighted by Gasteiger charge is 2.17. The van der Waals surface area contributed by atoms with Crippen LogP contribution in [0.2, 0.25) is 0 Å². The first-order chi connectivity index (χ1) is 14.2. The number of hydrogen-bond donors (Lipinski definition) is 2. The fraction of sp³-hybridized carbons (Fsp3) is 0.714. The Bertz CT molecular complexity index is 640. The van der Waals surface area contributed by atoms with Crippen LogP contribution in [-0.4, -0.2) is 99.4 Å². The third kappa shape index (κ3) is 6.83. The molecule has 0 saturated carbocycles. The summed E-state index contributed by atoms with van der Waals surface area (Å²) in [5, 5.41) is 6.85. The molecule has 2 saturated heterocycles. The lowest BCUT2D eigenvalue weighted by molar-refractivity contribution is 0.0211. The van der Waals surface area contributed by atoms with Crippen LogP contribution in [0.1, 0.15) is 19.4 Å². The zero-order chi connectivity index (χ0) is 20.5. The van der Waals surface area contributed by atoms with Crippen molar-refractivity contribution < 1.29 is 4.74 Å². The fourth-order valence-corrected chi connectivity index (χ4v) is 3.67. The maximum Gasteiger partial charge on any atom is 0.191 e. The number of nitrogens with one attached hydrogen (secondary N) is 2. The van der Waals surface area contributed by atoms with E-state index in [1.54, 1.807) is 0 Å². The van der Waals surface area contributed by atoms with Crippen molar-refractivity contribution in [1.82, 2.24) is 25.4 Å². The lowest BCUT2D eigenvalue weighted by atomic mass is 10.2. The van der Waals surface area contributed by atoms with Gasteiger partial charge in [0.2, 0.25) is 0 Å². The van der Waals surface area contributed by atoms with Crippen LogP contribution in [0.3, 0.4) is 0 Å². The van der Waals surface area contributed by atoms with Crippen LogP contribution in [0, 0.1) is 0 Å². The molecule has 0 radical (unpaired) electrons. The third-order valence-corrected chi connectivity index (χ3v) is 5.64. The molecule has 0 aromatic carbocycles. The van der Waals surface area contributed by atoms with Gasteiger partial charge in [-0.2, -0.15) is 0 Å². The Balaban J connectivity index is 1.54. The summed E-state index contributed by atoms with van der Waals surface area (Å²) in [7, 11) is 2.17. The summed E-state index contributed by atoms with van der Waals surface area (Å²) in [5.74, 6) is 1.93. The summed E-state index contributed by atoms with van der Waals surface area (Å²) in [6, 6.07) is 4.69. The Hall–Kier alpha value is -1.90. The van der Waals surface area contributed by atoms with E-state index in [9.17, 15) is 0 Å². The molecular formula is C21H37N7O. The zero-order valence-corrected chi connectivity index (χ0v) is 18.2. The Morgan fingerprint density at radius 2 is 1.93 bits per heavy atom. The van der Waals surface area contributed by atoms with Crippen molar-refractivity contribution >= 4 is 11.8 Å². The first-order valence-electron chi connectivity index (χ1n) is 10.9. The molecule has 0 spiro atoms. The average molecular weight is 404 g/mol. The summed E-state index contributed by atoms with van der Waals surface area (Å²) in [6.07, 6.45) is 1.90. The second kappa shape index (κ2) is 11.3. The van der Waals surface area contributed by atoms with E-state index in [0.29, 0.717) is 12.6 Å². The minimum atomic E-state index is 0.451. The molecule has 1 aromatic rings. The lowest BCUT2D eigenvalue weighted by Gasteiger charge is -2.33. The number of morpholine rings is 1. The second-order valence-corrected chi connectivity index (χ2v) is 7.89. The van der Waals surface area contributed by atoms with Gasteiger partial charge in [-0.3, -0.25) is 4.90 Å². The Morgan fingerprint density at radius 3 is 2.66 bits per heavy atom. The normalized spacial score (nSPS) is 20.5. The molecule has 0 aliphatic carbocycles. The molecule has 2 aliphatic heterocycles. The van der Waals surface area contributed by atoms with E-state index in [4.69, 9.17) is 9.73 Å². The summed E-state index contributed by atoms with van der Waals surface area (Å²) in [4.78, 5) is 16.6. The molecule has 8 nitrogen and oxygen atoms in total. The van der Waals surface area contributed by atoms with Crippen molar-refractivity contribution in [2.45, 2.75) is 26.4 Å². The van der Waals surface area contributed by atoms with Gasteiger partial charge in [0.05, 0.1) is 19.8 Å². The van der Waals surface area contributed by atoms with Crippen LogP contribution in [0.5, 0.6) is 0 Å². The van der Waals surface area contributed by atoms with Crippen molar-refractivity contribution in [1.29, 1.82) is 0 Å². The lowest BCUT2D eigenvalue weighted by Crippen LogP contribution is -2.49. The Morgan fingerprint density at radius 1 is 1.17 bits per heavy atom. The molecule has 1 unspecified atom stereocenters. The van der Waals surface area contributed by atoms with Crippen molar-refractivity contribution in [2.24, 2.45) is 4.99 Å². The van der Waals surface area contributed by atoms with Crippen LogP contribution < -0.4 is 15.5 Å². The van der Waals surface area contributed by atoms with Crippen molar-refractivity contribution in [2.75, 3.05) is 77.5 Å². The van der Waals surface area contributed by atoms with E-state index in [0.717, 1.165) is 77.3 Å². The van der Waals surface area contributed by atoms with Gasteiger partial charge in [0.25, 0.3) is 0 Å². The van der Waals surface area contributed by atoms with Crippen molar-refractivity contribution in [3.63, 3.8) is 0 Å². The topological polar surface area (TPSA) is 68.3 Å². The summed E-state index contributed by atoms with van der Waals surface area (Å²) in [5.41, 5.74) is 1.19. The van der Waals surface area contributed by atoms with E-state index in [1.165, 1.54) is 5.56 Å². The van der Waals surface area contributed by atoms with Gasteiger partial charge >= 0.3 is 0 Å². The number of anilines is 1. The van der Waals surface area contributed by atoms with Crippen LogP contribution >= 0.6 is 0 Å². The highest BCUT2D eigenvalue weighted by molar-refractivity contribution is 5.79. The predicted octanol–water partition coefficient (Wildman–Crippen LogP) is 0.609. The van der Waals surface area contributed by atoms with E-state index in [1.807, 2.05) is 6.20 Å². The van der Waals surface area contributed by atoms with Gasteiger partial charge in [0.15, 0.2) is 5.96 Å². The molecule has 2 fully saturated rings. The average Bonchev–Trinajstić information content (AvgIpc) is 2.77. The number of aromatic nitrogens is 1. The van der Waals surface area contributed by atoms with Crippen molar-refractivity contribution in [3.05, 3.63) is 23.9 Å². The summed E-state index contributed by atoms with van der Waals surface area (Å²) < 4.78 is 5.45. The number of likely N-dealkylation sites (N-methyl/N-ethyl adjacent to an activating group) is 1. The van der Waals surface area contributed by atoms with E-state index >= 15 is 0 Å². The van der Waals surface area contributed by atoms with Gasteiger partial charge in [-0.1, -0.05) is 0 Å². The molecule has 1 atom stereocenters. The van der Waals surface area contributed by atoms with Crippen LogP contribution in [0.15, 0.2) is 23.3 Å². The molecule has 2 aliphatic rings. The zero-order valence-electron chi connectivity index (χ0n) is 18.2. The number of aliphatic imine (C=N–C) groups is 1. The fourth-order valence-electron chi connectivity index (χ4n) is 3.67. The van der Waals surface area contributed by atoms with Crippen LogP contribution in [0.25, 0.3) is 0 Å². The van der Waals surface area contributed by atoms with Gasteiger partial charge in [-0.05, 0) is 38.6 Å². The highest BCUT2D eigenvalue weighted by atomic mass is 16.5. The molecule has 0 bridgehead atoms. The first kappa shape index (κ1) is 21.8. The van der Waals surface area contributed by atoms with Crippen LogP contribution in [-0.2, 0) is 11.3 Å². The maximum atomic E-state index is 5.45. The number of pyridine rings is 1. The number of hydrogen-bond acceptors (Lipinski definition) is 6. The number of nitrogens with zero attached hydrogens (tertiary/aromatic N) is 5. The SMILES string of the molecule is CCNC(=NCc1ccnc(N2CCN(C)CC2)c1)NCC(C)N1CCOCC1. The van der Waals surface area contributed by atoms with E-state index in [-0.39, 0.29) is 0 Å². The second-order valence-electron chi connectivity index (χ2n) is 7.89. The Kier molecular flexibility index (Phi) is 8.52. The first-order valence-corrected chi connectivity index (χ1v) is 10.9. The van der Waals surface area contributed by atoms with Gasteiger partial charge in [0.1, 0.15) is 5.82 Å². The van der Waals surface area contributed by atoms with Crippen molar-refractivity contribution in [3.8, 4) is 0 Å². The quantitative estimate of drug-likeness (QED) is 0.511. The minimum Gasteiger partial charge on any atom is -0.379 e. The molecule has 3 rings (SSSR count). The molecule has 2 N–H and O–H groups in total.